The van der Waals surface area contributed by atoms with E-state index in [4.69, 9.17) is 16.3 Å². The Bertz CT molecular complexity index is 706. The maximum Gasteiger partial charge on any atom is 0.342 e. The Balaban J connectivity index is 1.99. The Hall–Kier alpha value is -2.47. The number of hydrogen-bond donors (Lipinski definition) is 1. The highest BCUT2D eigenvalue weighted by Crippen LogP contribution is 2.14. The molecule has 0 saturated heterocycles. The fourth-order valence-electron chi connectivity index (χ4n) is 1.65. The molecule has 1 amide bonds. The third-order valence-electron chi connectivity index (χ3n) is 2.80. The molecule has 2 aromatic rings. The summed E-state index contributed by atoms with van der Waals surface area (Å²) in [4.78, 5) is 31.7. The first-order chi connectivity index (χ1) is 10.5. The molecule has 0 saturated carbocycles. The Morgan fingerprint density at radius 2 is 2.05 bits per heavy atom. The molecular formula is C15H14ClN3O3. The first-order valence-corrected chi connectivity index (χ1v) is 6.90. The summed E-state index contributed by atoms with van der Waals surface area (Å²) >= 11 is 5.81. The van der Waals surface area contributed by atoms with Crippen molar-refractivity contribution in [3.05, 3.63) is 52.9 Å². The maximum absolute atomic E-state index is 12.0. The van der Waals surface area contributed by atoms with Crippen LogP contribution in [-0.2, 0) is 9.53 Å². The summed E-state index contributed by atoms with van der Waals surface area (Å²) in [6, 6.07) is 6.56. The lowest BCUT2D eigenvalue weighted by atomic mass is 10.3. The zero-order valence-corrected chi connectivity index (χ0v) is 12.8. The average Bonchev–Trinajstić information content (AvgIpc) is 2.47. The number of aromatic nitrogens is 2. The van der Waals surface area contributed by atoms with Gasteiger partial charge < -0.3 is 10.1 Å². The zero-order valence-electron chi connectivity index (χ0n) is 12.0. The summed E-state index contributed by atoms with van der Waals surface area (Å²) in [5.41, 5.74) is 1.06. The van der Waals surface area contributed by atoms with Gasteiger partial charge in [0, 0.05) is 12.4 Å². The van der Waals surface area contributed by atoms with Gasteiger partial charge in [-0.25, -0.2) is 14.8 Å². The molecule has 0 aliphatic carbocycles. The predicted octanol–water partition coefficient (Wildman–Crippen LogP) is 2.62. The van der Waals surface area contributed by atoms with Gasteiger partial charge in [0.15, 0.2) is 6.10 Å². The third-order valence-corrected chi connectivity index (χ3v) is 3.10. The van der Waals surface area contributed by atoms with E-state index in [0.29, 0.717) is 5.82 Å². The van der Waals surface area contributed by atoms with E-state index in [-0.39, 0.29) is 10.7 Å². The van der Waals surface area contributed by atoms with Gasteiger partial charge in [0.25, 0.3) is 5.91 Å². The summed E-state index contributed by atoms with van der Waals surface area (Å²) in [5.74, 6) is -0.795. The summed E-state index contributed by atoms with van der Waals surface area (Å²) in [7, 11) is 0. The van der Waals surface area contributed by atoms with E-state index in [0.717, 1.165) is 5.56 Å². The fourth-order valence-corrected chi connectivity index (χ4v) is 1.84. The lowest BCUT2D eigenvalue weighted by Gasteiger charge is -2.13. The lowest BCUT2D eigenvalue weighted by molar-refractivity contribution is -0.123. The molecule has 0 fully saturated rings. The highest BCUT2D eigenvalue weighted by Gasteiger charge is 2.21. The number of nitrogens with zero attached hydrogens (tertiary/aromatic N) is 2. The Morgan fingerprint density at radius 1 is 1.27 bits per heavy atom. The van der Waals surface area contributed by atoms with E-state index in [9.17, 15) is 9.59 Å². The van der Waals surface area contributed by atoms with Crippen molar-refractivity contribution in [3.63, 3.8) is 0 Å². The molecule has 22 heavy (non-hydrogen) atoms. The van der Waals surface area contributed by atoms with Gasteiger partial charge in [0.05, 0.1) is 5.56 Å². The van der Waals surface area contributed by atoms with E-state index in [1.165, 1.54) is 19.2 Å². The van der Waals surface area contributed by atoms with Gasteiger partial charge in [-0.05, 0) is 43.7 Å². The van der Waals surface area contributed by atoms with Gasteiger partial charge in [0.1, 0.15) is 11.0 Å². The number of rotatable bonds is 4. The number of anilines is 1. The van der Waals surface area contributed by atoms with Crippen LogP contribution in [-0.4, -0.2) is 27.9 Å². The normalized spacial score (nSPS) is 11.6. The van der Waals surface area contributed by atoms with Crippen molar-refractivity contribution in [1.82, 2.24) is 9.97 Å². The number of carbonyl (C=O) groups excluding carboxylic acids is 2. The molecule has 2 aromatic heterocycles. The summed E-state index contributed by atoms with van der Waals surface area (Å²) < 4.78 is 5.08. The van der Waals surface area contributed by atoms with Crippen molar-refractivity contribution in [3.8, 4) is 0 Å². The van der Waals surface area contributed by atoms with Crippen molar-refractivity contribution in [2.24, 2.45) is 0 Å². The summed E-state index contributed by atoms with van der Waals surface area (Å²) in [6.07, 6.45) is 2.04. The Morgan fingerprint density at radius 3 is 2.73 bits per heavy atom. The highest BCUT2D eigenvalue weighted by atomic mass is 35.5. The van der Waals surface area contributed by atoms with Crippen molar-refractivity contribution in [2.75, 3.05) is 5.32 Å². The quantitative estimate of drug-likeness (QED) is 0.692. The molecule has 0 spiro atoms. The number of amides is 1. The standard InChI is InChI=1S/C15H14ClN3O3/c1-9-5-7-17-12(8-9)19-14(20)10(2)22-15(21)11-4-3-6-18-13(11)16/h3-8,10H,1-2H3,(H,17,19,20). The second-order valence-corrected chi connectivity index (χ2v) is 4.96. The smallest absolute Gasteiger partial charge is 0.342 e. The van der Waals surface area contributed by atoms with Crippen LogP contribution in [0.1, 0.15) is 22.8 Å². The van der Waals surface area contributed by atoms with Crippen LogP contribution in [0.25, 0.3) is 0 Å². The van der Waals surface area contributed by atoms with E-state index in [1.807, 2.05) is 13.0 Å². The minimum absolute atomic E-state index is 0.0282. The average molecular weight is 320 g/mol. The predicted molar refractivity (Wildman–Crippen MR) is 81.7 cm³/mol. The Kier molecular flexibility index (Phi) is 5.06. The second kappa shape index (κ2) is 7.00. The van der Waals surface area contributed by atoms with Gasteiger partial charge in [-0.2, -0.15) is 0 Å². The van der Waals surface area contributed by atoms with Crippen molar-refractivity contribution < 1.29 is 14.3 Å². The van der Waals surface area contributed by atoms with Crippen LogP contribution in [0.2, 0.25) is 5.15 Å². The number of pyridine rings is 2. The molecule has 0 aliphatic heterocycles. The number of aryl methyl sites for hydroxylation is 1. The SMILES string of the molecule is Cc1ccnc(NC(=O)C(C)OC(=O)c2cccnc2Cl)c1. The van der Waals surface area contributed by atoms with Crippen LogP contribution in [0.3, 0.4) is 0 Å². The van der Waals surface area contributed by atoms with Crippen molar-refractivity contribution in [1.29, 1.82) is 0 Å². The van der Waals surface area contributed by atoms with Crippen molar-refractivity contribution >= 4 is 29.3 Å². The van der Waals surface area contributed by atoms with Gasteiger partial charge in [-0.15, -0.1) is 0 Å². The maximum atomic E-state index is 12.0. The van der Waals surface area contributed by atoms with E-state index < -0.39 is 18.0 Å². The molecule has 0 bridgehead atoms. The second-order valence-electron chi connectivity index (χ2n) is 4.60. The van der Waals surface area contributed by atoms with E-state index in [1.54, 1.807) is 18.3 Å². The van der Waals surface area contributed by atoms with Crippen LogP contribution in [0.5, 0.6) is 0 Å². The highest BCUT2D eigenvalue weighted by molar-refractivity contribution is 6.32. The van der Waals surface area contributed by atoms with Crippen LogP contribution < -0.4 is 5.32 Å². The molecule has 0 radical (unpaired) electrons. The largest absolute Gasteiger partial charge is 0.449 e. The van der Waals surface area contributed by atoms with E-state index >= 15 is 0 Å². The van der Waals surface area contributed by atoms with Gasteiger partial charge in [-0.3, -0.25) is 4.79 Å². The third kappa shape index (κ3) is 4.02. The molecule has 7 heteroatoms. The molecule has 6 nitrogen and oxygen atoms in total. The molecule has 0 aliphatic rings. The first kappa shape index (κ1) is 15.9. The number of nitrogens with one attached hydrogen (secondary N) is 1. The zero-order chi connectivity index (χ0) is 16.1. The summed E-state index contributed by atoms with van der Waals surface area (Å²) in [6.45, 7) is 3.35. The number of carbonyl (C=O) groups is 2. The summed E-state index contributed by atoms with van der Waals surface area (Å²) in [5, 5.41) is 2.61. The number of hydrogen-bond acceptors (Lipinski definition) is 5. The topological polar surface area (TPSA) is 81.2 Å². The lowest BCUT2D eigenvalue weighted by Crippen LogP contribution is -2.30. The van der Waals surface area contributed by atoms with Gasteiger partial charge in [-0.1, -0.05) is 11.6 Å². The molecule has 1 atom stereocenters. The molecule has 1 unspecified atom stereocenters. The van der Waals surface area contributed by atoms with Gasteiger partial charge in [0.2, 0.25) is 0 Å². The minimum Gasteiger partial charge on any atom is -0.449 e. The fraction of sp³-hybridized carbons (Fsp3) is 0.200. The minimum atomic E-state index is -0.994. The van der Waals surface area contributed by atoms with Crippen LogP contribution in [0, 0.1) is 6.92 Å². The molecule has 0 aromatic carbocycles. The molecule has 2 rings (SSSR count). The number of esters is 1. The molecule has 2 heterocycles. The number of ether oxygens (including phenoxy) is 1. The van der Waals surface area contributed by atoms with Crippen molar-refractivity contribution in [2.45, 2.75) is 20.0 Å². The first-order valence-electron chi connectivity index (χ1n) is 6.52. The van der Waals surface area contributed by atoms with E-state index in [2.05, 4.69) is 15.3 Å². The molecular weight excluding hydrogens is 306 g/mol. The monoisotopic (exact) mass is 319 g/mol. The molecule has 114 valence electrons. The van der Waals surface area contributed by atoms with Crippen LogP contribution in [0.4, 0.5) is 5.82 Å². The number of halogens is 1. The van der Waals surface area contributed by atoms with Crippen LogP contribution in [0.15, 0.2) is 36.7 Å². The van der Waals surface area contributed by atoms with Gasteiger partial charge >= 0.3 is 5.97 Å². The van der Waals surface area contributed by atoms with Crippen LogP contribution >= 0.6 is 11.6 Å². The molecule has 1 N–H and O–H groups in total. The Labute approximate surface area is 132 Å².